The van der Waals surface area contributed by atoms with Crippen molar-refractivity contribution in [2.45, 2.75) is 73.2 Å². The van der Waals surface area contributed by atoms with Crippen LogP contribution in [0.15, 0.2) is 35.1 Å². The number of anilines is 1. The van der Waals surface area contributed by atoms with Crippen molar-refractivity contribution in [2.24, 2.45) is 5.41 Å². The number of esters is 1. The molecular formula is C34H40FN5O9S. The predicted molar refractivity (Wildman–Crippen MR) is 183 cm³/mol. The Labute approximate surface area is 289 Å². The maximum absolute atomic E-state index is 15.3. The van der Waals surface area contributed by atoms with E-state index in [0.717, 1.165) is 17.9 Å². The average Bonchev–Trinajstić information content (AvgIpc) is 2.99. The highest BCUT2D eigenvalue weighted by Gasteiger charge is 2.25. The number of aryl methyl sites for hydroxylation is 2. The topological polar surface area (TPSA) is 194 Å². The molecule has 0 aliphatic heterocycles. The minimum Gasteiger partial charge on any atom is -0.480 e. The van der Waals surface area contributed by atoms with Crippen molar-refractivity contribution in [2.75, 3.05) is 17.7 Å². The summed E-state index contributed by atoms with van der Waals surface area (Å²) in [5, 5.41) is 12.0. The quantitative estimate of drug-likeness (QED) is 0.164. The molecule has 0 saturated heterocycles. The molecule has 0 bridgehead atoms. The molecule has 1 atom stereocenters. The number of ether oxygens (including phenoxy) is 1. The minimum atomic E-state index is -3.78. The number of fused-ring (bicyclic) bond motifs is 1. The van der Waals surface area contributed by atoms with E-state index >= 15 is 4.39 Å². The highest BCUT2D eigenvalue weighted by atomic mass is 32.2. The number of carboxylic acids is 1. The lowest BCUT2D eigenvalue weighted by atomic mass is 9.98. The van der Waals surface area contributed by atoms with E-state index in [1.165, 1.54) is 16.7 Å². The number of aliphatic carboxylic acids is 1. The zero-order valence-corrected chi connectivity index (χ0v) is 29.4. The van der Waals surface area contributed by atoms with Crippen LogP contribution in [0.1, 0.15) is 67.3 Å². The monoisotopic (exact) mass is 713 g/mol. The van der Waals surface area contributed by atoms with E-state index in [9.17, 15) is 37.5 Å². The summed E-state index contributed by atoms with van der Waals surface area (Å²) in [6, 6.07) is 5.62. The van der Waals surface area contributed by atoms with E-state index in [4.69, 9.17) is 11.2 Å². The van der Waals surface area contributed by atoms with Gasteiger partial charge in [0.2, 0.25) is 15.9 Å². The van der Waals surface area contributed by atoms with Gasteiger partial charge < -0.3 is 20.1 Å². The molecule has 50 heavy (non-hydrogen) atoms. The number of amides is 2. The Hall–Kier alpha value is -5.30. The fraction of sp³-hybridized carbons (Fsp3) is 0.412. The minimum absolute atomic E-state index is 0.0234. The summed E-state index contributed by atoms with van der Waals surface area (Å²) in [6.45, 7) is 8.39. The standard InChI is InChI=1S/C34H40FN5O9S/c1-8-14-39(18-22-16-25-28(15-20(22)2)36-21(3)40(31(25)43)19-49-33(46)34(4,5)6)23-12-13-24(26(35)17-23)30(42)37-27(32(44)45)10-9-11-29(41)38-50(7,47)48/h1,12-13,15-17,27H,9-11,14,18-19H2,2-7H3,(H,37,42)(H,38,41)(H,44,45). The average molecular weight is 714 g/mol. The van der Waals surface area contributed by atoms with Gasteiger partial charge in [0.15, 0.2) is 6.73 Å². The lowest BCUT2D eigenvalue weighted by Crippen LogP contribution is -2.41. The molecule has 14 nitrogen and oxygen atoms in total. The third kappa shape index (κ3) is 10.3. The first kappa shape index (κ1) is 39.1. The number of carbonyl (C=O) groups is 4. The van der Waals surface area contributed by atoms with E-state index in [1.807, 2.05) is 6.92 Å². The van der Waals surface area contributed by atoms with Gasteiger partial charge >= 0.3 is 11.9 Å². The number of carbonyl (C=O) groups excluding carboxylic acids is 3. The Balaban J connectivity index is 1.82. The second-order valence-corrected chi connectivity index (χ2v) is 14.5. The lowest BCUT2D eigenvalue weighted by Gasteiger charge is -2.24. The predicted octanol–water partition coefficient (Wildman–Crippen LogP) is 2.77. The Bertz CT molecular complexity index is 2030. The third-order valence-electron chi connectivity index (χ3n) is 7.54. The number of halogens is 1. The number of nitrogens with one attached hydrogen (secondary N) is 2. The van der Waals surface area contributed by atoms with Crippen molar-refractivity contribution in [3.8, 4) is 12.3 Å². The van der Waals surface area contributed by atoms with Gasteiger partial charge in [0, 0.05) is 18.7 Å². The van der Waals surface area contributed by atoms with Gasteiger partial charge in [-0.25, -0.2) is 22.6 Å². The van der Waals surface area contributed by atoms with Crippen LogP contribution in [0.4, 0.5) is 10.1 Å². The van der Waals surface area contributed by atoms with Gasteiger partial charge in [-0.3, -0.25) is 28.5 Å². The zero-order valence-electron chi connectivity index (χ0n) is 28.6. The summed E-state index contributed by atoms with van der Waals surface area (Å²) in [7, 11) is -3.78. The van der Waals surface area contributed by atoms with Crippen LogP contribution in [-0.2, 0) is 42.4 Å². The molecular weight excluding hydrogens is 673 g/mol. The molecule has 0 aliphatic rings. The summed E-state index contributed by atoms with van der Waals surface area (Å²) >= 11 is 0. The van der Waals surface area contributed by atoms with Crippen molar-refractivity contribution < 1.29 is 41.8 Å². The Kier molecular flexibility index (Phi) is 12.5. The van der Waals surface area contributed by atoms with Gasteiger partial charge in [-0.15, -0.1) is 6.42 Å². The molecule has 2 amide bonds. The van der Waals surface area contributed by atoms with Gasteiger partial charge in [-0.1, -0.05) is 5.92 Å². The molecule has 1 unspecified atom stereocenters. The molecule has 2 aromatic carbocycles. The maximum atomic E-state index is 15.3. The van der Waals surface area contributed by atoms with Crippen molar-refractivity contribution in [3.63, 3.8) is 0 Å². The van der Waals surface area contributed by atoms with E-state index in [-0.39, 0.29) is 44.5 Å². The molecule has 0 saturated carbocycles. The summed E-state index contributed by atoms with van der Waals surface area (Å²) < 4.78 is 46.1. The van der Waals surface area contributed by atoms with Gasteiger partial charge in [-0.05, 0) is 88.9 Å². The molecule has 3 aromatic rings. The van der Waals surface area contributed by atoms with Gasteiger partial charge in [0.25, 0.3) is 11.5 Å². The summed E-state index contributed by atoms with van der Waals surface area (Å²) in [5.41, 5.74) is 0.562. The molecule has 1 heterocycles. The van der Waals surface area contributed by atoms with Crippen LogP contribution < -0.4 is 20.5 Å². The van der Waals surface area contributed by atoms with Crippen LogP contribution in [0.2, 0.25) is 0 Å². The number of sulfonamides is 1. The van der Waals surface area contributed by atoms with E-state index in [0.29, 0.717) is 22.6 Å². The normalized spacial score (nSPS) is 12.1. The van der Waals surface area contributed by atoms with Gasteiger partial charge in [-0.2, -0.15) is 0 Å². The zero-order chi connectivity index (χ0) is 37.6. The molecule has 268 valence electrons. The van der Waals surface area contributed by atoms with Crippen molar-refractivity contribution in [3.05, 3.63) is 69.0 Å². The highest BCUT2D eigenvalue weighted by molar-refractivity contribution is 7.89. The smallest absolute Gasteiger partial charge is 0.326 e. The molecule has 0 aliphatic carbocycles. The van der Waals surface area contributed by atoms with Crippen molar-refractivity contribution >= 4 is 50.4 Å². The van der Waals surface area contributed by atoms with Crippen LogP contribution in [0.25, 0.3) is 10.9 Å². The number of aromatic nitrogens is 2. The van der Waals surface area contributed by atoms with Crippen LogP contribution >= 0.6 is 0 Å². The number of hydrogen-bond acceptors (Lipinski definition) is 10. The maximum Gasteiger partial charge on any atom is 0.326 e. The molecule has 0 spiro atoms. The number of terminal acetylenes is 1. The highest BCUT2D eigenvalue weighted by Crippen LogP contribution is 2.24. The fourth-order valence-electron chi connectivity index (χ4n) is 4.85. The van der Waals surface area contributed by atoms with Crippen LogP contribution in [0, 0.1) is 37.4 Å². The van der Waals surface area contributed by atoms with E-state index in [1.54, 1.807) is 49.4 Å². The van der Waals surface area contributed by atoms with Crippen LogP contribution in [0.3, 0.4) is 0 Å². The van der Waals surface area contributed by atoms with Crippen LogP contribution in [0.5, 0.6) is 0 Å². The SMILES string of the molecule is C#CCN(Cc1cc2c(=O)n(COC(=O)C(C)(C)C)c(C)nc2cc1C)c1ccc(C(=O)NC(CCCC(=O)NS(C)(=O)=O)C(=O)O)c(F)c1. The number of carboxylic acid groups (broad SMARTS) is 1. The first-order valence-electron chi connectivity index (χ1n) is 15.4. The van der Waals surface area contributed by atoms with E-state index in [2.05, 4.69) is 16.2 Å². The number of hydrogen-bond donors (Lipinski definition) is 3. The largest absolute Gasteiger partial charge is 0.480 e. The van der Waals surface area contributed by atoms with Crippen molar-refractivity contribution in [1.29, 1.82) is 0 Å². The van der Waals surface area contributed by atoms with Crippen molar-refractivity contribution in [1.82, 2.24) is 19.6 Å². The number of nitrogens with zero attached hydrogens (tertiary/aromatic N) is 3. The first-order chi connectivity index (χ1) is 23.2. The molecule has 0 radical (unpaired) electrons. The first-order valence-corrected chi connectivity index (χ1v) is 17.3. The molecule has 3 rings (SSSR count). The summed E-state index contributed by atoms with van der Waals surface area (Å²) in [6.07, 6.45) is 5.83. The van der Waals surface area contributed by atoms with Gasteiger partial charge in [0.1, 0.15) is 17.7 Å². The summed E-state index contributed by atoms with van der Waals surface area (Å²) in [5.74, 6) is -1.83. The van der Waals surface area contributed by atoms with Gasteiger partial charge in [0.05, 0.1) is 34.7 Å². The molecule has 16 heteroatoms. The Morgan fingerprint density at radius 3 is 2.42 bits per heavy atom. The second kappa shape index (κ2) is 15.9. The van der Waals surface area contributed by atoms with E-state index < -0.39 is 62.2 Å². The third-order valence-corrected chi connectivity index (χ3v) is 8.14. The molecule has 3 N–H and O–H groups in total. The Morgan fingerprint density at radius 2 is 1.84 bits per heavy atom. The Morgan fingerprint density at radius 1 is 1.16 bits per heavy atom. The summed E-state index contributed by atoms with van der Waals surface area (Å²) in [4.78, 5) is 68.3. The number of rotatable bonds is 14. The molecule has 0 fully saturated rings. The molecule has 1 aromatic heterocycles. The lowest BCUT2D eigenvalue weighted by molar-refractivity contribution is -0.157. The second-order valence-electron chi connectivity index (χ2n) is 12.8. The fourth-order valence-corrected chi connectivity index (χ4v) is 5.36. The van der Waals surface area contributed by atoms with Crippen LogP contribution in [-0.4, -0.2) is 65.7 Å². The number of benzene rings is 2.